The fourth-order valence-corrected chi connectivity index (χ4v) is 3.40. The van der Waals surface area contributed by atoms with E-state index in [-0.39, 0.29) is 18.4 Å². The molecular formula is C19H20BrNO4. The van der Waals surface area contributed by atoms with Crippen molar-refractivity contribution in [2.75, 3.05) is 20.8 Å². The van der Waals surface area contributed by atoms with Crippen LogP contribution < -0.4 is 19.5 Å². The maximum absolute atomic E-state index is 12.6. The Labute approximate surface area is 155 Å². The maximum Gasteiger partial charge on any atom is 0.224 e. The maximum atomic E-state index is 12.6. The van der Waals surface area contributed by atoms with Gasteiger partial charge >= 0.3 is 0 Å². The van der Waals surface area contributed by atoms with E-state index in [1.54, 1.807) is 14.2 Å². The monoisotopic (exact) mass is 405 g/mol. The number of nitrogens with one attached hydrogen (secondary N) is 1. The van der Waals surface area contributed by atoms with E-state index in [1.165, 1.54) is 0 Å². The normalized spacial score (nSPS) is 15.7. The summed E-state index contributed by atoms with van der Waals surface area (Å²) in [5, 5.41) is 3.11. The fourth-order valence-electron chi connectivity index (χ4n) is 2.94. The van der Waals surface area contributed by atoms with Crippen LogP contribution in [0.2, 0.25) is 0 Å². The third-order valence-electron chi connectivity index (χ3n) is 4.20. The zero-order valence-electron chi connectivity index (χ0n) is 14.2. The number of carbonyl (C=O) groups is 1. The van der Waals surface area contributed by atoms with Gasteiger partial charge in [0.05, 0.1) is 33.3 Å². The second-order valence-electron chi connectivity index (χ2n) is 5.77. The number of carbonyl (C=O) groups excluding carboxylic acids is 1. The summed E-state index contributed by atoms with van der Waals surface area (Å²) in [6, 6.07) is 11.4. The van der Waals surface area contributed by atoms with Crippen LogP contribution in [-0.2, 0) is 11.2 Å². The van der Waals surface area contributed by atoms with Crippen LogP contribution in [0.1, 0.15) is 23.6 Å². The molecule has 0 aromatic heterocycles. The molecule has 1 amide bonds. The molecule has 1 aliphatic rings. The predicted octanol–water partition coefficient (Wildman–Crippen LogP) is 3.65. The van der Waals surface area contributed by atoms with E-state index in [2.05, 4.69) is 21.2 Å². The summed E-state index contributed by atoms with van der Waals surface area (Å²) in [5.41, 5.74) is 1.86. The molecular weight excluding hydrogens is 386 g/mol. The lowest BCUT2D eigenvalue weighted by Crippen LogP contribution is -2.33. The van der Waals surface area contributed by atoms with Gasteiger partial charge in [0.2, 0.25) is 5.91 Å². The highest BCUT2D eigenvalue weighted by Crippen LogP contribution is 2.34. The lowest BCUT2D eigenvalue weighted by molar-refractivity contribution is -0.121. The highest BCUT2D eigenvalue weighted by atomic mass is 79.9. The Morgan fingerprint density at radius 2 is 1.96 bits per heavy atom. The number of rotatable bonds is 5. The zero-order valence-corrected chi connectivity index (χ0v) is 15.8. The van der Waals surface area contributed by atoms with Gasteiger partial charge in [0.15, 0.2) is 11.5 Å². The highest BCUT2D eigenvalue weighted by Gasteiger charge is 2.23. The molecule has 0 saturated carbocycles. The summed E-state index contributed by atoms with van der Waals surface area (Å²) in [6.07, 6.45) is 1.01. The number of benzene rings is 2. The first kappa shape index (κ1) is 17.6. The van der Waals surface area contributed by atoms with Crippen molar-refractivity contribution in [2.24, 2.45) is 0 Å². The molecule has 3 rings (SSSR count). The van der Waals surface area contributed by atoms with Crippen LogP contribution >= 0.6 is 15.9 Å². The lowest BCUT2D eigenvalue weighted by Gasteiger charge is -2.26. The van der Waals surface area contributed by atoms with Crippen molar-refractivity contribution in [1.82, 2.24) is 5.32 Å². The SMILES string of the molecule is COc1cc(Br)c(CC(=O)N[C@H]2CCOc3ccccc32)cc1OC. The Balaban J connectivity index is 1.74. The van der Waals surface area contributed by atoms with E-state index in [4.69, 9.17) is 14.2 Å². The number of fused-ring (bicyclic) bond motifs is 1. The molecule has 5 nitrogen and oxygen atoms in total. The number of halogens is 1. The third-order valence-corrected chi connectivity index (χ3v) is 4.94. The molecule has 0 unspecified atom stereocenters. The smallest absolute Gasteiger partial charge is 0.224 e. The van der Waals surface area contributed by atoms with Gasteiger partial charge in [0.25, 0.3) is 0 Å². The van der Waals surface area contributed by atoms with Crippen molar-refractivity contribution in [3.05, 3.63) is 52.0 Å². The van der Waals surface area contributed by atoms with Crippen LogP contribution in [0.15, 0.2) is 40.9 Å². The average Bonchev–Trinajstić information content (AvgIpc) is 2.63. The van der Waals surface area contributed by atoms with Gasteiger partial charge in [-0.05, 0) is 23.8 Å². The van der Waals surface area contributed by atoms with E-state index in [9.17, 15) is 4.79 Å². The summed E-state index contributed by atoms with van der Waals surface area (Å²) in [5.74, 6) is 2.02. The molecule has 1 N–H and O–H groups in total. The third kappa shape index (κ3) is 3.90. The van der Waals surface area contributed by atoms with Crippen molar-refractivity contribution in [1.29, 1.82) is 0 Å². The largest absolute Gasteiger partial charge is 0.493 e. The van der Waals surface area contributed by atoms with Crippen LogP contribution in [0.4, 0.5) is 0 Å². The van der Waals surface area contributed by atoms with E-state index in [0.717, 1.165) is 27.8 Å². The van der Waals surface area contributed by atoms with Crippen LogP contribution in [0.5, 0.6) is 17.2 Å². The summed E-state index contributed by atoms with van der Waals surface area (Å²) in [6.45, 7) is 0.599. The summed E-state index contributed by atoms with van der Waals surface area (Å²) in [7, 11) is 3.16. The van der Waals surface area contributed by atoms with E-state index < -0.39 is 0 Å². The molecule has 132 valence electrons. The Bertz CT molecular complexity index is 778. The number of ether oxygens (including phenoxy) is 3. The van der Waals surface area contributed by atoms with Gasteiger partial charge in [-0.2, -0.15) is 0 Å². The quantitative estimate of drug-likeness (QED) is 0.824. The lowest BCUT2D eigenvalue weighted by atomic mass is 10.00. The Morgan fingerprint density at radius 3 is 2.72 bits per heavy atom. The van der Waals surface area contributed by atoms with Crippen LogP contribution in [0, 0.1) is 0 Å². The van der Waals surface area contributed by atoms with E-state index in [1.807, 2.05) is 36.4 Å². The molecule has 2 aromatic rings. The molecule has 1 aliphatic heterocycles. The summed E-state index contributed by atoms with van der Waals surface area (Å²) < 4.78 is 17.0. The number of amides is 1. The minimum absolute atomic E-state index is 0.0311. The molecule has 25 heavy (non-hydrogen) atoms. The fraction of sp³-hybridized carbons (Fsp3) is 0.316. The van der Waals surface area contributed by atoms with Crippen LogP contribution in [0.3, 0.4) is 0 Å². The molecule has 6 heteroatoms. The standard InChI is InChI=1S/C19H20BrNO4/c1-23-17-9-12(14(20)11-18(17)24-2)10-19(22)21-15-7-8-25-16-6-4-3-5-13(15)16/h3-6,9,11,15H,7-8,10H2,1-2H3,(H,21,22)/t15-/m0/s1. The molecule has 0 aliphatic carbocycles. The Kier molecular flexibility index (Phi) is 5.48. The second kappa shape index (κ2) is 7.78. The van der Waals surface area contributed by atoms with Crippen LogP contribution in [0.25, 0.3) is 0 Å². The van der Waals surface area contributed by atoms with Gasteiger partial charge in [0.1, 0.15) is 5.75 Å². The van der Waals surface area contributed by atoms with E-state index in [0.29, 0.717) is 18.1 Å². The van der Waals surface area contributed by atoms with Gasteiger partial charge < -0.3 is 19.5 Å². The second-order valence-corrected chi connectivity index (χ2v) is 6.62. The molecule has 1 atom stereocenters. The molecule has 1 heterocycles. The molecule has 0 saturated heterocycles. The average molecular weight is 406 g/mol. The van der Waals surface area contributed by atoms with Crippen molar-refractivity contribution < 1.29 is 19.0 Å². The molecule has 0 bridgehead atoms. The topological polar surface area (TPSA) is 56.8 Å². The predicted molar refractivity (Wildman–Crippen MR) is 98.4 cm³/mol. The highest BCUT2D eigenvalue weighted by molar-refractivity contribution is 9.10. The van der Waals surface area contributed by atoms with Gasteiger partial charge in [-0.1, -0.05) is 34.1 Å². The molecule has 0 fully saturated rings. The first-order chi connectivity index (χ1) is 12.1. The first-order valence-corrected chi connectivity index (χ1v) is 8.83. The Morgan fingerprint density at radius 1 is 1.24 bits per heavy atom. The number of hydrogen-bond acceptors (Lipinski definition) is 4. The first-order valence-electron chi connectivity index (χ1n) is 8.04. The zero-order chi connectivity index (χ0) is 17.8. The number of hydrogen-bond donors (Lipinski definition) is 1. The summed E-state index contributed by atoms with van der Waals surface area (Å²) >= 11 is 3.50. The molecule has 0 radical (unpaired) electrons. The van der Waals surface area contributed by atoms with Crippen LogP contribution in [-0.4, -0.2) is 26.7 Å². The van der Waals surface area contributed by atoms with Crippen molar-refractivity contribution in [3.63, 3.8) is 0 Å². The van der Waals surface area contributed by atoms with Crippen molar-refractivity contribution in [2.45, 2.75) is 18.9 Å². The van der Waals surface area contributed by atoms with Gasteiger partial charge in [-0.3, -0.25) is 4.79 Å². The molecule has 2 aromatic carbocycles. The van der Waals surface area contributed by atoms with Gasteiger partial charge in [-0.25, -0.2) is 0 Å². The number of methoxy groups -OCH3 is 2. The van der Waals surface area contributed by atoms with Crippen molar-refractivity contribution >= 4 is 21.8 Å². The van der Waals surface area contributed by atoms with Gasteiger partial charge in [-0.15, -0.1) is 0 Å². The van der Waals surface area contributed by atoms with Gasteiger partial charge in [0, 0.05) is 16.5 Å². The minimum Gasteiger partial charge on any atom is -0.493 e. The minimum atomic E-state index is -0.0466. The number of para-hydroxylation sites is 1. The Hall–Kier alpha value is -2.21. The summed E-state index contributed by atoms with van der Waals surface area (Å²) in [4.78, 5) is 12.6. The molecule has 0 spiro atoms. The van der Waals surface area contributed by atoms with E-state index >= 15 is 0 Å². The van der Waals surface area contributed by atoms with Crippen molar-refractivity contribution in [3.8, 4) is 17.2 Å².